The minimum Gasteiger partial charge on any atom is -0.383 e. The normalized spacial score (nSPS) is 23.6. The molecule has 0 radical (unpaired) electrons. The number of piperidine rings is 1. The molecule has 1 aromatic heterocycles. The molecular formula is C18H28N4O3. The lowest BCUT2D eigenvalue weighted by Crippen LogP contribution is -2.51. The van der Waals surface area contributed by atoms with E-state index >= 15 is 0 Å². The maximum atomic E-state index is 12.9. The average Bonchev–Trinajstić information content (AvgIpc) is 3.27. The maximum Gasteiger partial charge on any atom is 0.230 e. The Kier molecular flexibility index (Phi) is 5.73. The predicted octanol–water partition coefficient (Wildman–Crippen LogP) is 1.22. The van der Waals surface area contributed by atoms with Crippen LogP contribution in [0.4, 0.5) is 0 Å². The third-order valence-corrected chi connectivity index (χ3v) is 5.51. The fourth-order valence-electron chi connectivity index (χ4n) is 4.05. The van der Waals surface area contributed by atoms with Crippen LogP contribution < -0.4 is 0 Å². The van der Waals surface area contributed by atoms with Gasteiger partial charge in [-0.25, -0.2) is 0 Å². The quantitative estimate of drug-likeness (QED) is 0.804. The Morgan fingerprint density at radius 3 is 3.04 bits per heavy atom. The number of ether oxygens (including phenoxy) is 1. The van der Waals surface area contributed by atoms with Crippen molar-refractivity contribution < 1.29 is 14.3 Å². The van der Waals surface area contributed by atoms with Gasteiger partial charge in [-0.1, -0.05) is 0 Å². The summed E-state index contributed by atoms with van der Waals surface area (Å²) in [5.74, 6) is 0.381. The Morgan fingerprint density at radius 1 is 1.40 bits per heavy atom. The molecule has 2 saturated heterocycles. The second-order valence-electron chi connectivity index (χ2n) is 7.19. The van der Waals surface area contributed by atoms with Crippen molar-refractivity contribution in [1.29, 1.82) is 0 Å². The standard InChI is InChI=1S/C18H28N4O3/c1-25-11-10-21-8-3-6-18(17(21)24)7-9-22(14-18)16(23)5-2-4-15-12-19-20-13-15/h12-13H,2-11,14H2,1H3,(H,19,20)/t18-/m0/s1. The van der Waals surface area contributed by atoms with Crippen LogP contribution in [0.1, 0.15) is 37.7 Å². The number of H-pyrrole nitrogens is 1. The number of carbonyl (C=O) groups is 2. The first-order valence-electron chi connectivity index (χ1n) is 9.18. The smallest absolute Gasteiger partial charge is 0.230 e. The minimum absolute atomic E-state index is 0.169. The third-order valence-electron chi connectivity index (χ3n) is 5.51. The van der Waals surface area contributed by atoms with Crippen LogP contribution in [0.25, 0.3) is 0 Å². The number of carbonyl (C=O) groups excluding carboxylic acids is 2. The van der Waals surface area contributed by atoms with Gasteiger partial charge in [-0.05, 0) is 37.7 Å². The number of aryl methyl sites for hydroxylation is 1. The molecular weight excluding hydrogens is 320 g/mol. The van der Waals surface area contributed by atoms with Crippen molar-refractivity contribution >= 4 is 11.8 Å². The second-order valence-corrected chi connectivity index (χ2v) is 7.19. The monoisotopic (exact) mass is 348 g/mol. The molecule has 0 bridgehead atoms. The second kappa shape index (κ2) is 7.99. The average molecular weight is 348 g/mol. The fourth-order valence-corrected chi connectivity index (χ4v) is 4.05. The van der Waals surface area contributed by atoms with E-state index in [4.69, 9.17) is 4.74 Å². The van der Waals surface area contributed by atoms with Crippen LogP contribution in [-0.2, 0) is 20.7 Å². The first-order valence-corrected chi connectivity index (χ1v) is 9.18. The number of nitrogens with one attached hydrogen (secondary N) is 1. The highest BCUT2D eigenvalue weighted by atomic mass is 16.5. The Labute approximate surface area is 148 Å². The van der Waals surface area contributed by atoms with Crippen molar-refractivity contribution in [1.82, 2.24) is 20.0 Å². The lowest BCUT2D eigenvalue weighted by molar-refractivity contribution is -0.146. The molecule has 1 N–H and O–H groups in total. The molecule has 1 aromatic rings. The van der Waals surface area contributed by atoms with Crippen LogP contribution in [0, 0.1) is 5.41 Å². The lowest BCUT2D eigenvalue weighted by atomic mass is 9.78. The summed E-state index contributed by atoms with van der Waals surface area (Å²) < 4.78 is 5.11. The molecule has 3 rings (SSSR count). The van der Waals surface area contributed by atoms with Gasteiger partial charge in [0.25, 0.3) is 0 Å². The molecule has 25 heavy (non-hydrogen) atoms. The summed E-state index contributed by atoms with van der Waals surface area (Å²) in [4.78, 5) is 29.2. The van der Waals surface area contributed by atoms with Crippen LogP contribution in [-0.4, -0.2) is 71.7 Å². The number of aromatic nitrogens is 2. The number of aromatic amines is 1. The highest BCUT2D eigenvalue weighted by Crippen LogP contribution is 2.40. The third kappa shape index (κ3) is 4.03. The van der Waals surface area contributed by atoms with Gasteiger partial charge in [0.1, 0.15) is 0 Å². The summed E-state index contributed by atoms with van der Waals surface area (Å²) in [6.45, 7) is 3.31. The van der Waals surface area contributed by atoms with Crippen molar-refractivity contribution in [3.63, 3.8) is 0 Å². The molecule has 0 aromatic carbocycles. The molecule has 1 spiro atoms. The summed E-state index contributed by atoms with van der Waals surface area (Å²) >= 11 is 0. The van der Waals surface area contributed by atoms with E-state index in [1.807, 2.05) is 16.0 Å². The van der Waals surface area contributed by atoms with Crippen LogP contribution in [0.15, 0.2) is 12.4 Å². The Morgan fingerprint density at radius 2 is 2.28 bits per heavy atom. The van der Waals surface area contributed by atoms with Crippen LogP contribution in [0.2, 0.25) is 0 Å². The summed E-state index contributed by atoms with van der Waals surface area (Å²) in [5.41, 5.74) is 0.772. The van der Waals surface area contributed by atoms with Gasteiger partial charge in [-0.3, -0.25) is 14.7 Å². The molecule has 2 fully saturated rings. The number of methoxy groups -OCH3 is 1. The summed E-state index contributed by atoms with van der Waals surface area (Å²) in [5, 5.41) is 6.71. The van der Waals surface area contributed by atoms with E-state index in [9.17, 15) is 9.59 Å². The van der Waals surface area contributed by atoms with Crippen LogP contribution in [0.5, 0.6) is 0 Å². The molecule has 0 unspecified atom stereocenters. The van der Waals surface area contributed by atoms with Crippen LogP contribution >= 0.6 is 0 Å². The summed E-state index contributed by atoms with van der Waals surface area (Å²) in [6.07, 6.45) is 8.56. The van der Waals surface area contributed by atoms with E-state index in [1.54, 1.807) is 13.3 Å². The molecule has 0 aliphatic carbocycles. The minimum atomic E-state index is -0.355. The van der Waals surface area contributed by atoms with Crippen molar-refractivity contribution in [3.05, 3.63) is 18.0 Å². The zero-order valence-corrected chi connectivity index (χ0v) is 15.0. The molecule has 1 atom stereocenters. The molecule has 2 amide bonds. The van der Waals surface area contributed by atoms with Gasteiger partial charge in [0, 0.05) is 45.9 Å². The van der Waals surface area contributed by atoms with Gasteiger partial charge in [-0.2, -0.15) is 5.10 Å². The topological polar surface area (TPSA) is 78.5 Å². The van der Waals surface area contributed by atoms with Crippen molar-refractivity contribution in [2.45, 2.75) is 38.5 Å². The zero-order chi connectivity index (χ0) is 17.7. The molecule has 138 valence electrons. The Balaban J connectivity index is 1.51. The van der Waals surface area contributed by atoms with E-state index in [0.717, 1.165) is 44.2 Å². The number of amides is 2. The number of likely N-dealkylation sites (tertiary alicyclic amines) is 2. The molecule has 2 aliphatic rings. The van der Waals surface area contributed by atoms with Gasteiger partial charge in [0.15, 0.2) is 0 Å². The van der Waals surface area contributed by atoms with E-state index in [1.165, 1.54) is 0 Å². The fraction of sp³-hybridized carbons (Fsp3) is 0.722. The highest BCUT2D eigenvalue weighted by Gasteiger charge is 2.49. The van der Waals surface area contributed by atoms with Gasteiger partial charge in [-0.15, -0.1) is 0 Å². The lowest BCUT2D eigenvalue weighted by Gasteiger charge is -2.39. The Hall–Kier alpha value is -1.89. The van der Waals surface area contributed by atoms with E-state index in [0.29, 0.717) is 32.7 Å². The number of hydrogen-bond acceptors (Lipinski definition) is 4. The number of rotatable bonds is 7. The molecule has 7 heteroatoms. The highest BCUT2D eigenvalue weighted by molar-refractivity contribution is 5.86. The molecule has 2 aliphatic heterocycles. The maximum absolute atomic E-state index is 12.9. The van der Waals surface area contributed by atoms with Crippen molar-refractivity contribution in [2.75, 3.05) is 39.9 Å². The predicted molar refractivity (Wildman–Crippen MR) is 92.8 cm³/mol. The largest absolute Gasteiger partial charge is 0.383 e. The summed E-state index contributed by atoms with van der Waals surface area (Å²) in [7, 11) is 1.66. The zero-order valence-electron chi connectivity index (χ0n) is 15.0. The van der Waals surface area contributed by atoms with Gasteiger partial charge in [0.2, 0.25) is 11.8 Å². The SMILES string of the molecule is COCCN1CCC[C@@]2(CCN(C(=O)CCCc3cn[nH]c3)C2)C1=O. The number of nitrogens with zero attached hydrogens (tertiary/aromatic N) is 3. The van der Waals surface area contributed by atoms with Gasteiger partial charge < -0.3 is 14.5 Å². The molecule has 0 saturated carbocycles. The van der Waals surface area contributed by atoms with Gasteiger partial charge >= 0.3 is 0 Å². The molecule has 7 nitrogen and oxygen atoms in total. The van der Waals surface area contributed by atoms with Crippen molar-refractivity contribution in [2.24, 2.45) is 5.41 Å². The molecule has 3 heterocycles. The first-order chi connectivity index (χ1) is 12.1. The first kappa shape index (κ1) is 17.9. The summed E-state index contributed by atoms with van der Waals surface area (Å²) in [6, 6.07) is 0. The van der Waals surface area contributed by atoms with Gasteiger partial charge in [0.05, 0.1) is 18.2 Å². The van der Waals surface area contributed by atoms with Crippen LogP contribution in [0.3, 0.4) is 0 Å². The van der Waals surface area contributed by atoms with Crippen molar-refractivity contribution in [3.8, 4) is 0 Å². The Bertz CT molecular complexity index is 589. The number of hydrogen-bond donors (Lipinski definition) is 1. The van der Waals surface area contributed by atoms with E-state index < -0.39 is 0 Å². The van der Waals surface area contributed by atoms with E-state index in [2.05, 4.69) is 10.2 Å². The van der Waals surface area contributed by atoms with E-state index in [-0.39, 0.29) is 17.2 Å².